The molecule has 0 radical (unpaired) electrons. The summed E-state index contributed by atoms with van der Waals surface area (Å²) in [5.41, 5.74) is -0.598. The van der Waals surface area contributed by atoms with Gasteiger partial charge < -0.3 is 9.31 Å². The zero-order valence-electron chi connectivity index (χ0n) is 17.0. The number of aryl methyl sites for hydroxylation is 1. The molecule has 28 heavy (non-hydrogen) atoms. The number of fused-ring (bicyclic) bond motifs is 1. The molecule has 5 rings (SSSR count). The van der Waals surface area contributed by atoms with E-state index in [0.29, 0.717) is 30.4 Å². The van der Waals surface area contributed by atoms with Crippen LogP contribution in [0.5, 0.6) is 0 Å². The van der Waals surface area contributed by atoms with E-state index in [9.17, 15) is 13.7 Å². The number of pyridine rings is 1. The number of nitriles is 1. The highest BCUT2D eigenvalue weighted by Crippen LogP contribution is 2.61. The van der Waals surface area contributed by atoms with Crippen LogP contribution in [-0.2, 0) is 19.3 Å². The van der Waals surface area contributed by atoms with Crippen molar-refractivity contribution >= 4 is 22.6 Å². The van der Waals surface area contributed by atoms with Gasteiger partial charge in [0.25, 0.3) is 0 Å². The Kier molecular flexibility index (Phi) is 4.10. The van der Waals surface area contributed by atoms with Crippen molar-refractivity contribution in [2.24, 2.45) is 5.41 Å². The molecule has 1 N–H and O–H groups in total. The second-order valence-corrected chi connectivity index (χ2v) is 11.2. The molecule has 4 fully saturated rings. The average molecular weight is 403 g/mol. The standard InChI is InChI=1S/C19H26BN3O4S/c1-13-15(20-26-16(2,3)17(4,5)27-20)8-14(9-22-13)28(24,25)23-19-7-6-18(10-19,11-19)12-21/h8-9,23H,6-7,10-11H2,1-5H3. The molecule has 3 saturated carbocycles. The predicted molar refractivity (Wildman–Crippen MR) is 104 cm³/mol. The summed E-state index contributed by atoms with van der Waals surface area (Å²) in [5, 5.41) is 9.30. The van der Waals surface area contributed by atoms with Gasteiger partial charge >= 0.3 is 7.12 Å². The van der Waals surface area contributed by atoms with Crippen molar-refractivity contribution in [2.45, 2.75) is 81.9 Å². The summed E-state index contributed by atoms with van der Waals surface area (Å²) in [6.07, 6.45) is 3.98. The Morgan fingerprint density at radius 2 is 1.79 bits per heavy atom. The molecule has 1 aromatic rings. The molecule has 1 saturated heterocycles. The lowest BCUT2D eigenvalue weighted by Gasteiger charge is -2.43. The SMILES string of the molecule is Cc1ncc(S(=O)(=O)NC23CCC(C#N)(C2)C3)cc1B1OC(C)(C)C(C)(C)O1. The van der Waals surface area contributed by atoms with Crippen LogP contribution in [0.4, 0.5) is 0 Å². The Morgan fingerprint density at radius 1 is 1.18 bits per heavy atom. The van der Waals surface area contributed by atoms with Crippen LogP contribution in [0.15, 0.2) is 17.2 Å². The van der Waals surface area contributed by atoms with E-state index in [1.54, 1.807) is 6.07 Å². The maximum atomic E-state index is 13.0. The van der Waals surface area contributed by atoms with E-state index >= 15 is 0 Å². The topological polar surface area (TPSA) is 101 Å². The zero-order valence-corrected chi connectivity index (χ0v) is 17.8. The molecule has 0 spiro atoms. The minimum atomic E-state index is -3.76. The molecule has 9 heteroatoms. The molecule has 1 aliphatic heterocycles. The van der Waals surface area contributed by atoms with E-state index in [2.05, 4.69) is 15.8 Å². The van der Waals surface area contributed by atoms with Gasteiger partial charge in [-0.15, -0.1) is 0 Å². The van der Waals surface area contributed by atoms with Gasteiger partial charge in [0.15, 0.2) is 0 Å². The van der Waals surface area contributed by atoms with Crippen LogP contribution in [0, 0.1) is 23.7 Å². The highest BCUT2D eigenvalue weighted by Gasteiger charge is 2.62. The molecule has 7 nitrogen and oxygen atoms in total. The highest BCUT2D eigenvalue weighted by molar-refractivity contribution is 7.89. The lowest BCUT2D eigenvalue weighted by Crippen LogP contribution is -2.55. The largest absolute Gasteiger partial charge is 0.496 e. The Hall–Kier alpha value is -1.47. The molecule has 3 aliphatic carbocycles. The van der Waals surface area contributed by atoms with Crippen molar-refractivity contribution in [1.82, 2.24) is 9.71 Å². The fourth-order valence-corrected chi connectivity index (χ4v) is 5.97. The zero-order chi connectivity index (χ0) is 20.6. The van der Waals surface area contributed by atoms with Crippen molar-refractivity contribution in [3.8, 4) is 6.07 Å². The van der Waals surface area contributed by atoms with Gasteiger partial charge in [-0.25, -0.2) is 13.1 Å². The van der Waals surface area contributed by atoms with Crippen LogP contribution >= 0.6 is 0 Å². The minimum Gasteiger partial charge on any atom is -0.399 e. The third kappa shape index (κ3) is 2.89. The highest BCUT2D eigenvalue weighted by atomic mass is 32.2. The molecule has 0 amide bonds. The Balaban J connectivity index is 1.60. The summed E-state index contributed by atoms with van der Waals surface area (Å²) in [5.74, 6) is 0. The van der Waals surface area contributed by atoms with Gasteiger partial charge in [0, 0.05) is 22.9 Å². The molecule has 2 bridgehead atoms. The van der Waals surface area contributed by atoms with E-state index in [4.69, 9.17) is 9.31 Å². The van der Waals surface area contributed by atoms with Gasteiger partial charge in [-0.3, -0.25) is 4.98 Å². The van der Waals surface area contributed by atoms with E-state index in [0.717, 1.165) is 6.42 Å². The Bertz CT molecular complexity index is 961. The fraction of sp³-hybridized carbons (Fsp3) is 0.684. The van der Waals surface area contributed by atoms with Crippen LogP contribution in [0.1, 0.15) is 59.1 Å². The summed E-state index contributed by atoms with van der Waals surface area (Å²) < 4.78 is 41.0. The van der Waals surface area contributed by atoms with E-state index in [1.165, 1.54) is 6.20 Å². The summed E-state index contributed by atoms with van der Waals surface area (Å²) in [7, 11) is -4.43. The smallest absolute Gasteiger partial charge is 0.399 e. The number of sulfonamides is 1. The first-order chi connectivity index (χ1) is 12.8. The lowest BCUT2D eigenvalue weighted by atomic mass is 9.66. The molecule has 0 unspecified atom stereocenters. The Labute approximate surface area is 167 Å². The van der Waals surface area contributed by atoms with Crippen LogP contribution in [-0.4, -0.2) is 37.3 Å². The molecule has 1 aromatic heterocycles. The molecule has 150 valence electrons. The number of hydrogen-bond donors (Lipinski definition) is 1. The Morgan fingerprint density at radius 3 is 2.32 bits per heavy atom. The lowest BCUT2D eigenvalue weighted by molar-refractivity contribution is 0.00578. The number of hydrogen-bond acceptors (Lipinski definition) is 6. The number of nitrogens with one attached hydrogen (secondary N) is 1. The molecular formula is C19H26BN3O4S. The normalized spacial score (nSPS) is 32.8. The molecular weight excluding hydrogens is 377 g/mol. The maximum absolute atomic E-state index is 13.0. The van der Waals surface area contributed by atoms with Crippen molar-refractivity contribution in [2.75, 3.05) is 0 Å². The number of rotatable bonds is 4. The van der Waals surface area contributed by atoms with Gasteiger partial charge in [-0.2, -0.15) is 5.26 Å². The molecule has 0 atom stereocenters. The summed E-state index contributed by atoms with van der Waals surface area (Å²) in [4.78, 5) is 4.39. The average Bonchev–Trinajstić information content (AvgIpc) is 3.15. The van der Waals surface area contributed by atoms with Crippen molar-refractivity contribution in [3.63, 3.8) is 0 Å². The third-order valence-electron chi connectivity index (χ3n) is 6.94. The van der Waals surface area contributed by atoms with Gasteiger partial charge in [0.2, 0.25) is 10.0 Å². The molecule has 0 aromatic carbocycles. The van der Waals surface area contributed by atoms with Gasteiger partial charge in [-0.1, -0.05) is 0 Å². The maximum Gasteiger partial charge on any atom is 0.496 e. The van der Waals surface area contributed by atoms with Gasteiger partial charge in [0.05, 0.1) is 27.6 Å². The summed E-state index contributed by atoms with van der Waals surface area (Å²) in [6.45, 7) is 9.63. The molecule has 4 aliphatic rings. The summed E-state index contributed by atoms with van der Waals surface area (Å²) in [6, 6.07) is 3.94. The predicted octanol–water partition coefficient (Wildman–Crippen LogP) is 1.80. The molecule has 2 heterocycles. The quantitative estimate of drug-likeness (QED) is 0.770. The van der Waals surface area contributed by atoms with Crippen LogP contribution in [0.25, 0.3) is 0 Å². The van der Waals surface area contributed by atoms with Crippen LogP contribution < -0.4 is 10.2 Å². The van der Waals surface area contributed by atoms with E-state index in [1.807, 2.05) is 34.6 Å². The first kappa shape index (κ1) is 19.8. The third-order valence-corrected chi connectivity index (χ3v) is 8.49. The first-order valence-electron chi connectivity index (χ1n) is 9.60. The second-order valence-electron chi connectivity index (χ2n) is 9.57. The van der Waals surface area contributed by atoms with E-state index < -0.39 is 33.9 Å². The monoisotopic (exact) mass is 403 g/mol. The first-order valence-corrected chi connectivity index (χ1v) is 11.1. The number of nitrogens with zero attached hydrogens (tertiary/aromatic N) is 2. The second kappa shape index (κ2) is 5.79. The number of aromatic nitrogens is 1. The van der Waals surface area contributed by atoms with Crippen molar-refractivity contribution in [1.29, 1.82) is 5.26 Å². The van der Waals surface area contributed by atoms with E-state index in [-0.39, 0.29) is 10.3 Å². The summed E-state index contributed by atoms with van der Waals surface area (Å²) >= 11 is 0. The minimum absolute atomic E-state index is 0.0959. The van der Waals surface area contributed by atoms with Crippen molar-refractivity contribution < 1.29 is 17.7 Å². The fourth-order valence-electron chi connectivity index (χ4n) is 4.56. The van der Waals surface area contributed by atoms with Gasteiger partial charge in [-0.05, 0) is 66.4 Å². The van der Waals surface area contributed by atoms with Crippen LogP contribution in [0.2, 0.25) is 0 Å². The van der Waals surface area contributed by atoms with Crippen LogP contribution in [0.3, 0.4) is 0 Å². The van der Waals surface area contributed by atoms with Gasteiger partial charge in [0.1, 0.15) is 0 Å². The van der Waals surface area contributed by atoms with Crippen molar-refractivity contribution in [3.05, 3.63) is 18.0 Å².